The third kappa shape index (κ3) is 2.28. The molecule has 6 nitrogen and oxygen atoms in total. The van der Waals surface area contributed by atoms with Gasteiger partial charge in [-0.25, -0.2) is 4.79 Å². The van der Waals surface area contributed by atoms with Crippen LogP contribution in [-0.4, -0.2) is 45.6 Å². The summed E-state index contributed by atoms with van der Waals surface area (Å²) in [7, 11) is 0. The largest absolute Gasteiger partial charge is 0.478 e. The number of amides is 1. The van der Waals surface area contributed by atoms with E-state index in [4.69, 9.17) is 4.74 Å². The molecular formula is C14H17BrN2O4. The Morgan fingerprint density at radius 3 is 2.76 bits per heavy atom. The SMILES string of the molecule is CC1CCCN1C(=O)c1c(Br)c(C(=O)O)c2n1CCOC2. The molecule has 21 heavy (non-hydrogen) atoms. The summed E-state index contributed by atoms with van der Waals surface area (Å²) < 4.78 is 7.52. The number of fused-ring (bicyclic) bond motifs is 1. The van der Waals surface area contributed by atoms with E-state index < -0.39 is 5.97 Å². The van der Waals surface area contributed by atoms with Crippen LogP contribution in [0.3, 0.4) is 0 Å². The number of aromatic carboxylic acids is 1. The van der Waals surface area contributed by atoms with Crippen LogP contribution >= 0.6 is 15.9 Å². The van der Waals surface area contributed by atoms with Gasteiger partial charge in [-0.2, -0.15) is 0 Å². The number of carbonyl (C=O) groups excluding carboxylic acids is 1. The third-order valence-corrected chi connectivity index (χ3v) is 5.01. The first-order valence-corrected chi connectivity index (χ1v) is 7.84. The first-order chi connectivity index (χ1) is 10.0. The lowest BCUT2D eigenvalue weighted by Gasteiger charge is -2.24. The summed E-state index contributed by atoms with van der Waals surface area (Å²) in [5, 5.41) is 9.41. The highest BCUT2D eigenvalue weighted by atomic mass is 79.9. The molecule has 1 N–H and O–H groups in total. The van der Waals surface area contributed by atoms with Crippen LogP contribution < -0.4 is 0 Å². The first-order valence-electron chi connectivity index (χ1n) is 7.05. The molecule has 2 aliphatic rings. The molecule has 0 aromatic carbocycles. The second kappa shape index (κ2) is 5.46. The highest BCUT2D eigenvalue weighted by molar-refractivity contribution is 9.10. The molecule has 0 radical (unpaired) electrons. The number of ether oxygens (including phenoxy) is 1. The van der Waals surface area contributed by atoms with Gasteiger partial charge in [0.1, 0.15) is 5.69 Å². The number of aromatic nitrogens is 1. The Bertz CT molecular complexity index is 611. The number of likely N-dealkylation sites (tertiary alicyclic amines) is 1. The second-order valence-electron chi connectivity index (χ2n) is 5.48. The van der Waals surface area contributed by atoms with E-state index in [1.165, 1.54) is 0 Å². The minimum Gasteiger partial charge on any atom is -0.478 e. The Kier molecular flexibility index (Phi) is 3.79. The highest BCUT2D eigenvalue weighted by Gasteiger charge is 2.35. The molecule has 0 saturated carbocycles. The molecule has 3 rings (SSSR count). The second-order valence-corrected chi connectivity index (χ2v) is 6.28. The molecular weight excluding hydrogens is 340 g/mol. The Hall–Kier alpha value is -1.34. The molecule has 1 atom stereocenters. The van der Waals surface area contributed by atoms with Crippen molar-refractivity contribution in [3.8, 4) is 0 Å². The number of carboxylic acid groups (broad SMARTS) is 1. The Balaban J connectivity index is 2.09. The molecule has 1 amide bonds. The van der Waals surface area contributed by atoms with Gasteiger partial charge in [0.2, 0.25) is 0 Å². The number of carboxylic acids is 1. The molecule has 1 aromatic rings. The lowest BCUT2D eigenvalue weighted by Crippen LogP contribution is -2.36. The van der Waals surface area contributed by atoms with Gasteiger partial charge in [0.05, 0.1) is 28.9 Å². The standard InChI is InChI=1S/C14H17BrN2O4/c1-8-3-2-4-16(8)13(18)12-11(15)10(14(19)20)9-7-21-6-5-17(9)12/h8H,2-7H2,1H3,(H,19,20). The molecule has 0 bridgehead atoms. The van der Waals surface area contributed by atoms with E-state index in [1.54, 1.807) is 4.57 Å². The molecule has 2 aliphatic heterocycles. The molecule has 1 unspecified atom stereocenters. The van der Waals surface area contributed by atoms with Crippen LogP contribution in [0.4, 0.5) is 0 Å². The van der Waals surface area contributed by atoms with Crippen LogP contribution in [0, 0.1) is 0 Å². The summed E-state index contributed by atoms with van der Waals surface area (Å²) in [5.74, 6) is -1.13. The van der Waals surface area contributed by atoms with Crippen LogP contribution in [0.2, 0.25) is 0 Å². The zero-order chi connectivity index (χ0) is 15.1. The monoisotopic (exact) mass is 356 g/mol. The number of carbonyl (C=O) groups is 2. The lowest BCUT2D eigenvalue weighted by atomic mass is 10.2. The zero-order valence-corrected chi connectivity index (χ0v) is 13.4. The van der Waals surface area contributed by atoms with Gasteiger partial charge in [0.15, 0.2) is 0 Å². The van der Waals surface area contributed by atoms with Crippen molar-refractivity contribution in [2.45, 2.75) is 39.0 Å². The van der Waals surface area contributed by atoms with E-state index in [0.717, 1.165) is 19.4 Å². The normalized spacial score (nSPS) is 21.4. The summed E-state index contributed by atoms with van der Waals surface area (Å²) in [6.07, 6.45) is 1.98. The van der Waals surface area contributed by atoms with Crippen LogP contribution in [-0.2, 0) is 17.9 Å². The fourth-order valence-corrected chi connectivity index (χ4v) is 3.93. The number of nitrogens with zero attached hydrogens (tertiary/aromatic N) is 2. The number of halogens is 1. The van der Waals surface area contributed by atoms with Crippen LogP contribution in [0.15, 0.2) is 4.47 Å². The average molecular weight is 357 g/mol. The van der Waals surface area contributed by atoms with E-state index in [9.17, 15) is 14.7 Å². The van der Waals surface area contributed by atoms with Crippen molar-refractivity contribution in [2.75, 3.05) is 13.2 Å². The maximum Gasteiger partial charge on any atom is 0.338 e. The maximum absolute atomic E-state index is 12.8. The molecule has 1 fully saturated rings. The van der Waals surface area contributed by atoms with Crippen molar-refractivity contribution in [3.05, 3.63) is 21.4 Å². The van der Waals surface area contributed by atoms with Crippen molar-refractivity contribution in [1.29, 1.82) is 0 Å². The number of hydrogen-bond acceptors (Lipinski definition) is 3. The van der Waals surface area contributed by atoms with Crippen molar-refractivity contribution in [3.63, 3.8) is 0 Å². The number of rotatable bonds is 2. The third-order valence-electron chi connectivity index (χ3n) is 4.24. The summed E-state index contributed by atoms with van der Waals surface area (Å²) in [6.45, 7) is 3.97. The van der Waals surface area contributed by atoms with E-state index in [-0.39, 0.29) is 24.1 Å². The molecule has 1 aromatic heterocycles. The summed E-state index contributed by atoms with van der Waals surface area (Å²) in [5.41, 5.74) is 1.15. The maximum atomic E-state index is 12.8. The number of hydrogen-bond donors (Lipinski definition) is 1. The molecule has 7 heteroatoms. The Morgan fingerprint density at radius 2 is 2.14 bits per heavy atom. The molecule has 1 saturated heterocycles. The minimum absolute atomic E-state index is 0.0949. The molecule has 3 heterocycles. The van der Waals surface area contributed by atoms with Gasteiger partial charge >= 0.3 is 5.97 Å². The Labute approximate surface area is 130 Å². The molecule has 0 aliphatic carbocycles. The van der Waals surface area contributed by atoms with Crippen LogP contribution in [0.5, 0.6) is 0 Å². The van der Waals surface area contributed by atoms with Gasteiger partial charge in [-0.15, -0.1) is 0 Å². The van der Waals surface area contributed by atoms with E-state index in [2.05, 4.69) is 15.9 Å². The van der Waals surface area contributed by atoms with Crippen LogP contribution in [0.1, 0.15) is 46.3 Å². The highest BCUT2D eigenvalue weighted by Crippen LogP contribution is 2.33. The van der Waals surface area contributed by atoms with Crippen molar-refractivity contribution in [2.24, 2.45) is 0 Å². The van der Waals surface area contributed by atoms with E-state index >= 15 is 0 Å². The van der Waals surface area contributed by atoms with Gasteiger partial charge < -0.3 is 19.3 Å². The van der Waals surface area contributed by atoms with E-state index in [0.29, 0.717) is 29.0 Å². The topological polar surface area (TPSA) is 71.8 Å². The summed E-state index contributed by atoms with van der Waals surface area (Å²) >= 11 is 3.33. The lowest BCUT2D eigenvalue weighted by molar-refractivity contribution is 0.0640. The van der Waals surface area contributed by atoms with Gasteiger partial charge in [-0.05, 0) is 35.7 Å². The van der Waals surface area contributed by atoms with Gasteiger partial charge in [-0.3, -0.25) is 4.79 Å². The van der Waals surface area contributed by atoms with Gasteiger partial charge in [0, 0.05) is 19.1 Å². The van der Waals surface area contributed by atoms with Crippen molar-refractivity contribution < 1.29 is 19.4 Å². The predicted molar refractivity (Wildman–Crippen MR) is 78.5 cm³/mol. The predicted octanol–water partition coefficient (Wildman–Crippen LogP) is 2.10. The van der Waals surface area contributed by atoms with Crippen LogP contribution in [0.25, 0.3) is 0 Å². The summed E-state index contributed by atoms with van der Waals surface area (Å²) in [6, 6.07) is 0.198. The first kappa shape index (κ1) is 14.6. The minimum atomic E-state index is -1.04. The Morgan fingerprint density at radius 1 is 1.38 bits per heavy atom. The van der Waals surface area contributed by atoms with E-state index in [1.807, 2.05) is 11.8 Å². The average Bonchev–Trinajstić information content (AvgIpc) is 2.98. The summed E-state index contributed by atoms with van der Waals surface area (Å²) in [4.78, 5) is 26.1. The fourth-order valence-electron chi connectivity index (χ4n) is 3.15. The fraction of sp³-hybridized carbons (Fsp3) is 0.571. The van der Waals surface area contributed by atoms with Crippen molar-refractivity contribution in [1.82, 2.24) is 9.47 Å². The quantitative estimate of drug-likeness (QED) is 0.880. The van der Waals surface area contributed by atoms with Crippen molar-refractivity contribution >= 4 is 27.8 Å². The smallest absolute Gasteiger partial charge is 0.338 e. The van der Waals surface area contributed by atoms with Gasteiger partial charge in [0.25, 0.3) is 5.91 Å². The zero-order valence-electron chi connectivity index (χ0n) is 11.8. The van der Waals surface area contributed by atoms with Gasteiger partial charge in [-0.1, -0.05) is 0 Å². The molecule has 114 valence electrons. The molecule has 0 spiro atoms.